The lowest BCUT2D eigenvalue weighted by Crippen LogP contribution is -2.52. The fraction of sp³-hybridized carbons (Fsp3) is 0.269. The molecule has 2 aromatic carbocycles. The van der Waals surface area contributed by atoms with Gasteiger partial charge in [0, 0.05) is 48.2 Å². The fourth-order valence-corrected chi connectivity index (χ4v) is 5.27. The molecule has 1 aliphatic heterocycles. The van der Waals surface area contributed by atoms with Gasteiger partial charge in [-0.3, -0.25) is 14.6 Å². The first kappa shape index (κ1) is 22.5. The minimum absolute atomic E-state index is 0.254. The molecule has 0 saturated carbocycles. The predicted octanol–water partition coefficient (Wildman–Crippen LogP) is 2.72. The molecule has 0 spiro atoms. The Morgan fingerprint density at radius 1 is 1.15 bits per heavy atom. The Hall–Kier alpha value is -3.26. The lowest BCUT2D eigenvalue weighted by molar-refractivity contribution is -0.151. The number of likely N-dealkylation sites (tertiary alicyclic amines) is 1. The van der Waals surface area contributed by atoms with Crippen LogP contribution in [0.5, 0.6) is 0 Å². The van der Waals surface area contributed by atoms with E-state index in [0.29, 0.717) is 42.1 Å². The number of amides is 2. The average molecular weight is 477 g/mol. The van der Waals surface area contributed by atoms with E-state index in [2.05, 4.69) is 10.3 Å². The van der Waals surface area contributed by atoms with Crippen LogP contribution in [0.25, 0.3) is 11.1 Å². The van der Waals surface area contributed by atoms with E-state index in [1.165, 1.54) is 11.1 Å². The zero-order chi connectivity index (χ0) is 23.9. The number of benzene rings is 2. The molecule has 7 nitrogen and oxygen atoms in total. The largest absolute Gasteiger partial charge is 0.372 e. The van der Waals surface area contributed by atoms with Crippen molar-refractivity contribution < 1.29 is 14.7 Å². The molecule has 5 rings (SSSR count). The normalized spacial score (nSPS) is 20.7. The highest BCUT2D eigenvalue weighted by Crippen LogP contribution is 2.48. The Labute approximate surface area is 202 Å². The second-order valence-corrected chi connectivity index (χ2v) is 9.11. The minimum Gasteiger partial charge on any atom is -0.372 e. The van der Waals surface area contributed by atoms with Crippen molar-refractivity contribution in [3.63, 3.8) is 0 Å². The molecular weight excluding hydrogens is 452 g/mol. The van der Waals surface area contributed by atoms with Gasteiger partial charge in [0.05, 0.1) is 0 Å². The SMILES string of the molecule is NCc1ccc(Cl)cc1CNC(=O)[C@@H]1CCCN1C(=O)C1(O)c2ccccc2-c2ccncc21. The number of aliphatic hydroxyl groups is 1. The van der Waals surface area contributed by atoms with Crippen molar-refractivity contribution in [3.05, 3.63) is 88.2 Å². The highest BCUT2D eigenvalue weighted by atomic mass is 35.5. The van der Waals surface area contributed by atoms with Crippen LogP contribution in [0.15, 0.2) is 60.9 Å². The van der Waals surface area contributed by atoms with Gasteiger partial charge in [0.25, 0.3) is 5.91 Å². The van der Waals surface area contributed by atoms with E-state index >= 15 is 0 Å². The molecule has 2 amide bonds. The molecule has 0 radical (unpaired) electrons. The second kappa shape index (κ2) is 8.83. The summed E-state index contributed by atoms with van der Waals surface area (Å²) in [5.74, 6) is -0.773. The Morgan fingerprint density at radius 2 is 1.94 bits per heavy atom. The lowest BCUT2D eigenvalue weighted by atomic mass is 9.90. The first-order valence-corrected chi connectivity index (χ1v) is 11.7. The standard InChI is InChI=1S/C26H25ClN4O3/c27-18-8-7-16(13-28)17(12-18)14-30-24(32)23-6-3-11-31(23)25(33)26(34)21-5-2-1-4-19(21)20-9-10-29-15-22(20)26/h1-2,4-5,7-10,12,15,23,34H,3,6,11,13-14,28H2,(H,30,32)/t23-,26?/m0/s1. The summed E-state index contributed by atoms with van der Waals surface area (Å²) in [6.45, 7) is 0.975. The van der Waals surface area contributed by atoms with Crippen molar-refractivity contribution >= 4 is 23.4 Å². The van der Waals surface area contributed by atoms with Crippen LogP contribution in [0, 0.1) is 0 Å². The maximum Gasteiger partial charge on any atom is 0.264 e. The zero-order valence-electron chi connectivity index (χ0n) is 18.5. The smallest absolute Gasteiger partial charge is 0.264 e. The summed E-state index contributed by atoms with van der Waals surface area (Å²) in [6, 6.07) is 13.8. The number of fused-ring (bicyclic) bond motifs is 3. The van der Waals surface area contributed by atoms with Gasteiger partial charge in [-0.15, -0.1) is 0 Å². The van der Waals surface area contributed by atoms with Crippen LogP contribution in [0.1, 0.15) is 35.1 Å². The van der Waals surface area contributed by atoms with Gasteiger partial charge in [-0.05, 0) is 53.3 Å². The van der Waals surface area contributed by atoms with E-state index in [1.54, 1.807) is 36.5 Å². The summed E-state index contributed by atoms with van der Waals surface area (Å²) in [4.78, 5) is 32.7. The van der Waals surface area contributed by atoms with Crippen LogP contribution in [0.2, 0.25) is 5.02 Å². The second-order valence-electron chi connectivity index (χ2n) is 8.67. The molecule has 0 bridgehead atoms. The van der Waals surface area contributed by atoms with Crippen molar-refractivity contribution in [1.29, 1.82) is 0 Å². The molecule has 4 N–H and O–H groups in total. The number of carbonyl (C=O) groups excluding carboxylic acids is 2. The molecule has 1 aromatic heterocycles. The molecule has 3 aromatic rings. The van der Waals surface area contributed by atoms with Crippen LogP contribution in [0.4, 0.5) is 0 Å². The summed E-state index contributed by atoms with van der Waals surface area (Å²) in [6.07, 6.45) is 4.37. The molecule has 8 heteroatoms. The molecular formula is C26H25ClN4O3. The van der Waals surface area contributed by atoms with Crippen LogP contribution in [-0.2, 0) is 28.3 Å². The van der Waals surface area contributed by atoms with E-state index in [4.69, 9.17) is 17.3 Å². The number of hydrogen-bond donors (Lipinski definition) is 3. The zero-order valence-corrected chi connectivity index (χ0v) is 19.3. The minimum atomic E-state index is -1.89. The van der Waals surface area contributed by atoms with Gasteiger partial charge in [0.2, 0.25) is 5.91 Å². The van der Waals surface area contributed by atoms with Gasteiger partial charge < -0.3 is 21.1 Å². The molecule has 34 heavy (non-hydrogen) atoms. The number of pyridine rings is 1. The maximum absolute atomic E-state index is 13.9. The molecule has 1 unspecified atom stereocenters. The number of hydrogen-bond acceptors (Lipinski definition) is 5. The van der Waals surface area contributed by atoms with Crippen LogP contribution >= 0.6 is 11.6 Å². The Kier molecular flexibility index (Phi) is 5.85. The molecule has 2 aliphatic rings. The van der Waals surface area contributed by atoms with E-state index in [1.807, 2.05) is 18.2 Å². The summed E-state index contributed by atoms with van der Waals surface area (Å²) in [7, 11) is 0. The average Bonchev–Trinajstić information content (AvgIpc) is 3.45. The van der Waals surface area contributed by atoms with E-state index < -0.39 is 17.6 Å². The molecule has 174 valence electrons. The van der Waals surface area contributed by atoms with E-state index in [9.17, 15) is 14.7 Å². The van der Waals surface area contributed by atoms with Gasteiger partial charge in [0.15, 0.2) is 5.60 Å². The third-order valence-electron chi connectivity index (χ3n) is 6.79. The Bertz CT molecular complexity index is 1230. The predicted molar refractivity (Wildman–Crippen MR) is 129 cm³/mol. The van der Waals surface area contributed by atoms with Gasteiger partial charge in [-0.2, -0.15) is 0 Å². The number of nitrogens with one attached hydrogen (secondary N) is 1. The Balaban J connectivity index is 1.41. The monoisotopic (exact) mass is 476 g/mol. The van der Waals surface area contributed by atoms with Crippen LogP contribution in [-0.4, -0.2) is 39.4 Å². The molecule has 1 fully saturated rings. The number of nitrogens with two attached hydrogens (primary N) is 1. The van der Waals surface area contributed by atoms with Gasteiger partial charge in [-0.25, -0.2) is 0 Å². The van der Waals surface area contributed by atoms with Gasteiger partial charge in [0.1, 0.15) is 6.04 Å². The van der Waals surface area contributed by atoms with E-state index in [-0.39, 0.29) is 12.5 Å². The van der Waals surface area contributed by atoms with Crippen molar-refractivity contribution in [3.8, 4) is 11.1 Å². The topological polar surface area (TPSA) is 109 Å². The molecule has 2 heterocycles. The number of rotatable bonds is 5. The van der Waals surface area contributed by atoms with E-state index in [0.717, 1.165) is 22.3 Å². The summed E-state index contributed by atoms with van der Waals surface area (Å²) >= 11 is 6.11. The summed E-state index contributed by atoms with van der Waals surface area (Å²) in [5.41, 5.74) is 8.18. The quantitative estimate of drug-likeness (QED) is 0.524. The maximum atomic E-state index is 13.9. The van der Waals surface area contributed by atoms with Crippen molar-refractivity contribution in [2.24, 2.45) is 5.73 Å². The highest BCUT2D eigenvalue weighted by Gasteiger charge is 2.52. The van der Waals surface area contributed by atoms with Crippen LogP contribution < -0.4 is 11.1 Å². The first-order chi connectivity index (χ1) is 16.4. The van der Waals surface area contributed by atoms with Gasteiger partial charge >= 0.3 is 0 Å². The number of aromatic nitrogens is 1. The molecule has 1 aliphatic carbocycles. The first-order valence-electron chi connectivity index (χ1n) is 11.3. The Morgan fingerprint density at radius 3 is 2.76 bits per heavy atom. The summed E-state index contributed by atoms with van der Waals surface area (Å²) in [5, 5.41) is 15.3. The van der Waals surface area contributed by atoms with Crippen molar-refractivity contribution in [2.45, 2.75) is 37.6 Å². The number of nitrogens with zero attached hydrogens (tertiary/aromatic N) is 2. The lowest BCUT2D eigenvalue weighted by Gasteiger charge is -2.32. The highest BCUT2D eigenvalue weighted by molar-refractivity contribution is 6.30. The third-order valence-corrected chi connectivity index (χ3v) is 7.02. The third kappa shape index (κ3) is 3.57. The summed E-state index contributed by atoms with van der Waals surface area (Å²) < 4.78 is 0. The number of carbonyl (C=O) groups is 2. The van der Waals surface area contributed by atoms with Gasteiger partial charge in [-0.1, -0.05) is 41.9 Å². The fourth-order valence-electron chi connectivity index (χ4n) is 5.08. The number of halogens is 1. The van der Waals surface area contributed by atoms with Crippen molar-refractivity contribution in [1.82, 2.24) is 15.2 Å². The van der Waals surface area contributed by atoms with Crippen molar-refractivity contribution in [2.75, 3.05) is 6.54 Å². The molecule has 2 atom stereocenters. The molecule has 1 saturated heterocycles. The van der Waals surface area contributed by atoms with Crippen LogP contribution in [0.3, 0.4) is 0 Å².